The normalized spacial score (nSPS) is 12.9. The van der Waals surface area contributed by atoms with Gasteiger partial charge >= 0.3 is 0 Å². The highest BCUT2D eigenvalue weighted by Crippen LogP contribution is 2.39. The second kappa shape index (κ2) is 8.82. The number of para-hydroxylation sites is 1. The van der Waals surface area contributed by atoms with E-state index in [0.29, 0.717) is 29.4 Å². The quantitative estimate of drug-likeness (QED) is 0.551. The maximum Gasteiger partial charge on any atom is 0.274 e. The summed E-state index contributed by atoms with van der Waals surface area (Å²) in [5.41, 5.74) is 4.87. The van der Waals surface area contributed by atoms with Crippen molar-refractivity contribution in [3.05, 3.63) is 58.9 Å². The van der Waals surface area contributed by atoms with Crippen molar-refractivity contribution in [2.75, 3.05) is 14.2 Å². The number of aryl methyl sites for hydroxylation is 1. The molecule has 0 aliphatic carbocycles. The highest BCUT2D eigenvalue weighted by molar-refractivity contribution is 5.95. The fourth-order valence-electron chi connectivity index (χ4n) is 4.53. The van der Waals surface area contributed by atoms with Gasteiger partial charge in [0.1, 0.15) is 17.3 Å². The average molecular weight is 462 g/mol. The highest BCUT2D eigenvalue weighted by atomic mass is 16.5. The molecule has 34 heavy (non-hydrogen) atoms. The molecule has 0 spiro atoms. The maximum absolute atomic E-state index is 13.6. The van der Waals surface area contributed by atoms with Gasteiger partial charge in [0.15, 0.2) is 5.69 Å². The van der Waals surface area contributed by atoms with Crippen molar-refractivity contribution in [2.45, 2.75) is 59.4 Å². The monoisotopic (exact) mass is 461 g/mol. The van der Waals surface area contributed by atoms with Crippen LogP contribution in [0.5, 0.6) is 11.5 Å². The number of methoxy groups -OCH3 is 1. The molecule has 3 aromatic rings. The third kappa shape index (κ3) is 4.17. The van der Waals surface area contributed by atoms with E-state index < -0.39 is 0 Å². The van der Waals surface area contributed by atoms with Crippen LogP contribution in [-0.2, 0) is 19.3 Å². The first kappa shape index (κ1) is 23.9. The van der Waals surface area contributed by atoms with Gasteiger partial charge in [-0.3, -0.25) is 9.36 Å². The average Bonchev–Trinajstić information content (AvgIpc) is 3.16. The standard InChI is InChI=1S/C28H35N3O3/c1-17(2)14-19-15-22-18(16-24(19)34-7)12-13-21-25(27(33)30(6)28(3,4)5)29-26(31(21)22)20-10-8-9-11-23(20)32/h8-11,15-17,32H,12-14H2,1-7H3. The first-order valence-electron chi connectivity index (χ1n) is 11.9. The van der Waals surface area contributed by atoms with Gasteiger partial charge in [-0.2, -0.15) is 0 Å². The molecule has 6 heteroatoms. The minimum Gasteiger partial charge on any atom is -0.507 e. The van der Waals surface area contributed by atoms with Crippen molar-refractivity contribution in [1.29, 1.82) is 0 Å². The van der Waals surface area contributed by atoms with Crippen molar-refractivity contribution in [3.63, 3.8) is 0 Å². The summed E-state index contributed by atoms with van der Waals surface area (Å²) in [6.45, 7) is 10.4. The zero-order valence-corrected chi connectivity index (χ0v) is 21.3. The molecule has 2 aromatic carbocycles. The van der Waals surface area contributed by atoms with Crippen LogP contribution in [0, 0.1) is 5.92 Å². The Morgan fingerprint density at radius 2 is 1.91 bits per heavy atom. The van der Waals surface area contributed by atoms with Crippen molar-refractivity contribution >= 4 is 5.91 Å². The molecule has 180 valence electrons. The smallest absolute Gasteiger partial charge is 0.274 e. The van der Waals surface area contributed by atoms with E-state index in [0.717, 1.165) is 41.1 Å². The molecular formula is C28H35N3O3. The number of aromatic hydroxyl groups is 1. The summed E-state index contributed by atoms with van der Waals surface area (Å²) in [5.74, 6) is 1.97. The van der Waals surface area contributed by atoms with Gasteiger partial charge in [0, 0.05) is 12.6 Å². The highest BCUT2D eigenvalue weighted by Gasteiger charge is 2.33. The number of fused-ring (bicyclic) bond motifs is 3. The summed E-state index contributed by atoms with van der Waals surface area (Å²) in [7, 11) is 3.53. The molecule has 2 heterocycles. The largest absolute Gasteiger partial charge is 0.507 e. The zero-order valence-electron chi connectivity index (χ0n) is 21.3. The number of phenolic OH excluding ortho intramolecular Hbond substituents is 1. The minimum absolute atomic E-state index is 0.114. The third-order valence-corrected chi connectivity index (χ3v) is 6.61. The minimum atomic E-state index is -0.340. The summed E-state index contributed by atoms with van der Waals surface area (Å²) < 4.78 is 7.79. The second-order valence-corrected chi connectivity index (χ2v) is 10.5. The summed E-state index contributed by atoms with van der Waals surface area (Å²) in [4.78, 5) is 20.2. The summed E-state index contributed by atoms with van der Waals surface area (Å²) in [6, 6.07) is 11.5. The van der Waals surface area contributed by atoms with Gasteiger partial charge in [-0.1, -0.05) is 26.0 Å². The lowest BCUT2D eigenvalue weighted by Gasteiger charge is -2.32. The fourth-order valence-corrected chi connectivity index (χ4v) is 4.53. The third-order valence-electron chi connectivity index (χ3n) is 6.61. The van der Waals surface area contributed by atoms with Gasteiger partial charge in [-0.25, -0.2) is 4.98 Å². The summed E-state index contributed by atoms with van der Waals surface area (Å²) in [5, 5.41) is 10.7. The molecule has 1 N–H and O–H groups in total. The van der Waals surface area contributed by atoms with E-state index in [2.05, 4.69) is 30.5 Å². The van der Waals surface area contributed by atoms with Gasteiger partial charge in [-0.05, 0) is 81.3 Å². The number of carbonyl (C=O) groups excluding carboxylic acids is 1. The van der Waals surface area contributed by atoms with Crippen LogP contribution in [0.15, 0.2) is 36.4 Å². The lowest BCUT2D eigenvalue weighted by Crippen LogP contribution is -2.43. The first-order chi connectivity index (χ1) is 16.0. The van der Waals surface area contributed by atoms with Crippen LogP contribution in [0.1, 0.15) is 61.9 Å². The molecule has 1 aliphatic heterocycles. The SMILES string of the molecule is COc1cc2c(cc1CC(C)C)-n1c(-c3ccccc3O)nc(C(=O)N(C)C(C)(C)C)c1CC2. The number of aromatic nitrogens is 2. The number of amides is 1. The first-order valence-corrected chi connectivity index (χ1v) is 11.9. The van der Waals surface area contributed by atoms with Crippen LogP contribution in [0.2, 0.25) is 0 Å². The van der Waals surface area contributed by atoms with Crippen molar-refractivity contribution in [1.82, 2.24) is 14.5 Å². The number of imidazole rings is 1. The molecular weight excluding hydrogens is 426 g/mol. The van der Waals surface area contributed by atoms with E-state index in [1.807, 2.05) is 40.0 Å². The Labute approximate surface area is 202 Å². The van der Waals surface area contributed by atoms with Crippen molar-refractivity contribution in [2.24, 2.45) is 5.92 Å². The number of hydrogen-bond donors (Lipinski definition) is 1. The van der Waals surface area contributed by atoms with Crippen LogP contribution in [0.4, 0.5) is 0 Å². The topological polar surface area (TPSA) is 67.6 Å². The maximum atomic E-state index is 13.6. The van der Waals surface area contributed by atoms with E-state index in [4.69, 9.17) is 9.72 Å². The van der Waals surface area contributed by atoms with Gasteiger partial charge in [-0.15, -0.1) is 0 Å². The molecule has 0 saturated heterocycles. The van der Waals surface area contributed by atoms with E-state index in [1.54, 1.807) is 24.1 Å². The second-order valence-electron chi connectivity index (χ2n) is 10.5. The van der Waals surface area contributed by atoms with Crippen LogP contribution < -0.4 is 4.74 Å². The molecule has 1 aliphatic rings. The molecule has 0 radical (unpaired) electrons. The number of benzene rings is 2. The van der Waals surface area contributed by atoms with Crippen molar-refractivity contribution in [3.8, 4) is 28.6 Å². The molecule has 0 fully saturated rings. The number of rotatable bonds is 5. The molecule has 0 unspecified atom stereocenters. The van der Waals surface area contributed by atoms with Crippen molar-refractivity contribution < 1.29 is 14.6 Å². The van der Waals surface area contributed by atoms with Gasteiger partial charge in [0.05, 0.1) is 24.1 Å². The Morgan fingerprint density at radius 3 is 2.53 bits per heavy atom. The van der Waals surface area contributed by atoms with Crippen LogP contribution in [-0.4, -0.2) is 45.2 Å². The Morgan fingerprint density at radius 1 is 1.21 bits per heavy atom. The lowest BCUT2D eigenvalue weighted by molar-refractivity contribution is 0.0649. The Balaban J connectivity index is 1.99. The number of hydrogen-bond acceptors (Lipinski definition) is 4. The molecule has 4 rings (SSSR count). The zero-order chi connectivity index (χ0) is 24.8. The van der Waals surface area contributed by atoms with E-state index in [9.17, 15) is 9.90 Å². The van der Waals surface area contributed by atoms with E-state index >= 15 is 0 Å². The summed E-state index contributed by atoms with van der Waals surface area (Å²) >= 11 is 0. The van der Waals surface area contributed by atoms with E-state index in [1.165, 1.54) is 0 Å². The molecule has 0 atom stereocenters. The predicted octanol–water partition coefficient (Wildman–Crippen LogP) is 5.42. The Kier molecular flexibility index (Phi) is 6.19. The van der Waals surface area contributed by atoms with Gasteiger partial charge in [0.25, 0.3) is 5.91 Å². The number of phenols is 1. The number of nitrogens with zero attached hydrogens (tertiary/aromatic N) is 3. The Hall–Kier alpha value is -3.28. The van der Waals surface area contributed by atoms with Gasteiger partial charge in [0.2, 0.25) is 0 Å². The molecule has 0 saturated carbocycles. The number of carbonyl (C=O) groups is 1. The molecule has 0 bridgehead atoms. The molecule has 1 amide bonds. The summed E-state index contributed by atoms with van der Waals surface area (Å²) in [6.07, 6.45) is 2.35. The van der Waals surface area contributed by atoms with E-state index in [-0.39, 0.29) is 17.2 Å². The van der Waals surface area contributed by atoms with Crippen LogP contribution in [0.25, 0.3) is 17.1 Å². The van der Waals surface area contributed by atoms with Gasteiger partial charge < -0.3 is 14.7 Å². The molecule has 1 aromatic heterocycles. The number of ether oxygens (including phenoxy) is 1. The lowest BCUT2D eigenvalue weighted by atomic mass is 9.94. The molecule has 6 nitrogen and oxygen atoms in total. The van der Waals surface area contributed by atoms with Crippen LogP contribution >= 0.6 is 0 Å². The Bertz CT molecular complexity index is 1230. The predicted molar refractivity (Wildman–Crippen MR) is 135 cm³/mol. The fraction of sp³-hybridized carbons (Fsp3) is 0.429. The van der Waals surface area contributed by atoms with Crippen LogP contribution in [0.3, 0.4) is 0 Å².